The zero-order valence-corrected chi connectivity index (χ0v) is 11.7. The highest BCUT2D eigenvalue weighted by Gasteiger charge is 2.01. The van der Waals surface area contributed by atoms with Gasteiger partial charge in [0.05, 0.1) is 11.9 Å². The number of hydrogen-bond acceptors (Lipinski definition) is 3. The van der Waals surface area contributed by atoms with Crippen molar-refractivity contribution in [2.24, 2.45) is 7.05 Å². The van der Waals surface area contributed by atoms with Gasteiger partial charge in [0.25, 0.3) is 0 Å². The van der Waals surface area contributed by atoms with E-state index >= 15 is 0 Å². The maximum atomic E-state index is 4.30. The molecule has 0 aliphatic rings. The topological polar surface area (TPSA) is 47.7 Å². The lowest BCUT2D eigenvalue weighted by atomic mass is 10.3. The molecule has 0 aliphatic heterocycles. The molecule has 2 rings (SSSR count). The summed E-state index contributed by atoms with van der Waals surface area (Å²) in [5, 5.41) is 11.8. The molecule has 0 bridgehead atoms. The number of nitrogens with zero attached hydrogens (tertiary/aromatic N) is 4. The Morgan fingerprint density at radius 2 is 2.11 bits per heavy atom. The van der Waals surface area contributed by atoms with E-state index < -0.39 is 0 Å². The predicted molar refractivity (Wildman–Crippen MR) is 73.5 cm³/mol. The van der Waals surface area contributed by atoms with Crippen molar-refractivity contribution in [1.29, 1.82) is 0 Å². The number of aromatic nitrogens is 4. The van der Waals surface area contributed by atoms with Crippen LogP contribution in [-0.4, -0.2) is 19.6 Å². The van der Waals surface area contributed by atoms with Gasteiger partial charge in [-0.25, -0.2) is 0 Å². The fraction of sp³-hybridized carbons (Fsp3) is 0.500. The molecule has 100 valence electrons. The van der Waals surface area contributed by atoms with Crippen LogP contribution < -0.4 is 5.32 Å². The first kappa shape index (κ1) is 14.7. The number of halogens is 1. The van der Waals surface area contributed by atoms with E-state index in [1.807, 2.05) is 30.3 Å². The SMILES string of the molecule is CCCn1nccc1CNCc1cnn(C)c1.Cl. The maximum absolute atomic E-state index is 4.30. The first-order chi connectivity index (χ1) is 8.29. The summed E-state index contributed by atoms with van der Waals surface area (Å²) in [6, 6.07) is 2.06. The summed E-state index contributed by atoms with van der Waals surface area (Å²) in [5.41, 5.74) is 2.43. The highest BCUT2D eigenvalue weighted by Crippen LogP contribution is 2.01. The van der Waals surface area contributed by atoms with E-state index in [9.17, 15) is 0 Å². The van der Waals surface area contributed by atoms with Crippen LogP contribution in [0.4, 0.5) is 0 Å². The quantitative estimate of drug-likeness (QED) is 0.869. The third kappa shape index (κ3) is 3.85. The van der Waals surface area contributed by atoms with Crippen LogP contribution in [0.3, 0.4) is 0 Å². The predicted octanol–water partition coefficient (Wildman–Crippen LogP) is 1.74. The molecule has 0 saturated carbocycles. The zero-order chi connectivity index (χ0) is 12.1. The summed E-state index contributed by atoms with van der Waals surface area (Å²) in [5.74, 6) is 0. The molecule has 0 fully saturated rings. The van der Waals surface area contributed by atoms with Gasteiger partial charge in [-0.2, -0.15) is 10.2 Å². The number of nitrogens with one attached hydrogen (secondary N) is 1. The Labute approximate surface area is 114 Å². The standard InChI is InChI=1S/C12H19N5.ClH/c1-3-6-17-12(4-5-14-17)9-13-7-11-8-15-16(2)10-11;/h4-5,8,10,13H,3,6-7,9H2,1-2H3;1H. The average Bonchev–Trinajstić information content (AvgIpc) is 2.90. The van der Waals surface area contributed by atoms with E-state index in [-0.39, 0.29) is 12.4 Å². The molecule has 6 heteroatoms. The largest absolute Gasteiger partial charge is 0.307 e. The van der Waals surface area contributed by atoms with Crippen LogP contribution in [0.5, 0.6) is 0 Å². The molecule has 0 aliphatic carbocycles. The monoisotopic (exact) mass is 269 g/mol. The van der Waals surface area contributed by atoms with Gasteiger partial charge in [0.15, 0.2) is 0 Å². The van der Waals surface area contributed by atoms with Crippen molar-refractivity contribution in [3.8, 4) is 0 Å². The molecule has 2 aromatic heterocycles. The molecule has 0 unspecified atom stereocenters. The van der Waals surface area contributed by atoms with Crippen molar-refractivity contribution in [3.63, 3.8) is 0 Å². The first-order valence-electron chi connectivity index (χ1n) is 5.98. The van der Waals surface area contributed by atoms with Crippen molar-refractivity contribution in [1.82, 2.24) is 24.9 Å². The summed E-state index contributed by atoms with van der Waals surface area (Å²) in [6.07, 6.45) is 6.88. The van der Waals surface area contributed by atoms with Crippen molar-refractivity contribution < 1.29 is 0 Å². The minimum Gasteiger partial charge on any atom is -0.307 e. The third-order valence-corrected chi connectivity index (χ3v) is 2.63. The Kier molecular flexibility index (Phi) is 5.88. The first-order valence-corrected chi connectivity index (χ1v) is 5.98. The second-order valence-corrected chi connectivity index (χ2v) is 4.17. The zero-order valence-electron chi connectivity index (χ0n) is 10.8. The van der Waals surface area contributed by atoms with Crippen LogP contribution in [-0.2, 0) is 26.7 Å². The van der Waals surface area contributed by atoms with E-state index in [1.54, 1.807) is 0 Å². The van der Waals surface area contributed by atoms with Crippen molar-refractivity contribution in [3.05, 3.63) is 35.9 Å². The molecule has 0 amide bonds. The summed E-state index contributed by atoms with van der Waals surface area (Å²) < 4.78 is 3.87. The van der Waals surface area contributed by atoms with Gasteiger partial charge in [-0.15, -0.1) is 12.4 Å². The van der Waals surface area contributed by atoms with Gasteiger partial charge in [-0.3, -0.25) is 9.36 Å². The molecule has 18 heavy (non-hydrogen) atoms. The minimum atomic E-state index is 0. The van der Waals surface area contributed by atoms with Crippen molar-refractivity contribution in [2.45, 2.75) is 33.0 Å². The normalized spacial score (nSPS) is 10.3. The third-order valence-electron chi connectivity index (χ3n) is 2.63. The molecular weight excluding hydrogens is 250 g/mol. The van der Waals surface area contributed by atoms with Crippen LogP contribution >= 0.6 is 12.4 Å². The Morgan fingerprint density at radius 1 is 1.28 bits per heavy atom. The molecule has 5 nitrogen and oxygen atoms in total. The molecule has 0 saturated heterocycles. The highest BCUT2D eigenvalue weighted by molar-refractivity contribution is 5.85. The van der Waals surface area contributed by atoms with E-state index in [4.69, 9.17) is 0 Å². The van der Waals surface area contributed by atoms with Gasteiger partial charge in [0.1, 0.15) is 0 Å². The second kappa shape index (κ2) is 7.18. The number of hydrogen-bond donors (Lipinski definition) is 1. The van der Waals surface area contributed by atoms with Crippen LogP contribution in [0.25, 0.3) is 0 Å². The van der Waals surface area contributed by atoms with E-state index in [0.29, 0.717) is 0 Å². The van der Waals surface area contributed by atoms with E-state index in [2.05, 4.69) is 33.2 Å². The Bertz CT molecular complexity index is 462. The Balaban J connectivity index is 0.00000162. The van der Waals surface area contributed by atoms with Crippen molar-refractivity contribution in [2.75, 3.05) is 0 Å². The summed E-state index contributed by atoms with van der Waals surface area (Å²) >= 11 is 0. The molecule has 1 N–H and O–H groups in total. The lowest BCUT2D eigenvalue weighted by molar-refractivity contribution is 0.549. The lowest BCUT2D eigenvalue weighted by Gasteiger charge is -2.06. The van der Waals surface area contributed by atoms with Crippen molar-refractivity contribution >= 4 is 12.4 Å². The summed E-state index contributed by atoms with van der Waals surface area (Å²) in [4.78, 5) is 0. The Morgan fingerprint density at radius 3 is 2.78 bits per heavy atom. The highest BCUT2D eigenvalue weighted by atomic mass is 35.5. The van der Waals surface area contributed by atoms with Gasteiger partial charge < -0.3 is 5.32 Å². The maximum Gasteiger partial charge on any atom is 0.0534 e. The average molecular weight is 270 g/mol. The van der Waals surface area contributed by atoms with E-state index in [1.165, 1.54) is 11.3 Å². The van der Waals surface area contributed by atoms with E-state index in [0.717, 1.165) is 26.1 Å². The van der Waals surface area contributed by atoms with Gasteiger partial charge in [0, 0.05) is 44.6 Å². The summed E-state index contributed by atoms with van der Waals surface area (Å²) in [6.45, 7) is 4.82. The lowest BCUT2D eigenvalue weighted by Crippen LogP contribution is -2.16. The van der Waals surface area contributed by atoms with Gasteiger partial charge in [-0.05, 0) is 12.5 Å². The molecule has 0 spiro atoms. The van der Waals surface area contributed by atoms with Crippen LogP contribution in [0.1, 0.15) is 24.6 Å². The van der Waals surface area contributed by atoms with Crippen LogP contribution in [0, 0.1) is 0 Å². The number of rotatable bonds is 6. The van der Waals surface area contributed by atoms with Crippen LogP contribution in [0.2, 0.25) is 0 Å². The van der Waals surface area contributed by atoms with Gasteiger partial charge in [-0.1, -0.05) is 6.92 Å². The number of aryl methyl sites for hydroxylation is 2. The molecule has 0 radical (unpaired) electrons. The summed E-state index contributed by atoms with van der Waals surface area (Å²) in [7, 11) is 1.93. The molecule has 2 heterocycles. The van der Waals surface area contributed by atoms with Gasteiger partial charge in [0.2, 0.25) is 0 Å². The molecule has 0 atom stereocenters. The minimum absolute atomic E-state index is 0. The van der Waals surface area contributed by atoms with Gasteiger partial charge >= 0.3 is 0 Å². The Hall–Kier alpha value is -1.33. The fourth-order valence-corrected chi connectivity index (χ4v) is 1.82. The van der Waals surface area contributed by atoms with Crippen LogP contribution in [0.15, 0.2) is 24.7 Å². The molecule has 0 aromatic carbocycles. The smallest absolute Gasteiger partial charge is 0.0534 e. The second-order valence-electron chi connectivity index (χ2n) is 4.17. The molecular formula is C12H20ClN5. The molecule has 2 aromatic rings. The fourth-order valence-electron chi connectivity index (χ4n) is 1.82.